The Hall–Kier alpha value is -2.08. The normalized spacial score (nSPS) is 15.2. The number of likely N-dealkylation sites (tertiary alicyclic amines) is 1. The molecule has 2 N–H and O–H groups in total. The van der Waals surface area contributed by atoms with Gasteiger partial charge in [-0.25, -0.2) is 0 Å². The first-order valence-electron chi connectivity index (χ1n) is 8.86. The van der Waals surface area contributed by atoms with Gasteiger partial charge in [0.05, 0.1) is 10.6 Å². The highest BCUT2D eigenvalue weighted by Gasteiger charge is 2.26. The zero-order chi connectivity index (χ0) is 19.3. The standard InChI is InChI=1S/C19H25ClN2O4/c1-12(2)9-17(23)21-14-3-4-16(20)15(11-14)19(26)22-7-5-13(6-8-22)10-18(24)25/h3-4,11-13H,5-10H2,1-2H3,(H,21,23)(H,24,25). The highest BCUT2D eigenvalue weighted by molar-refractivity contribution is 6.34. The van der Waals surface area contributed by atoms with E-state index in [0.717, 1.165) is 0 Å². The van der Waals surface area contributed by atoms with Crippen molar-refractivity contribution in [3.05, 3.63) is 28.8 Å². The summed E-state index contributed by atoms with van der Waals surface area (Å²) in [7, 11) is 0. The minimum absolute atomic E-state index is 0.102. The van der Waals surface area contributed by atoms with E-state index in [1.54, 1.807) is 23.1 Å². The van der Waals surface area contributed by atoms with Crippen LogP contribution in [0, 0.1) is 11.8 Å². The van der Waals surface area contributed by atoms with E-state index in [-0.39, 0.29) is 30.1 Å². The summed E-state index contributed by atoms with van der Waals surface area (Å²) in [5.41, 5.74) is 0.898. The van der Waals surface area contributed by atoms with Crippen molar-refractivity contribution < 1.29 is 19.5 Å². The molecule has 0 saturated carbocycles. The van der Waals surface area contributed by atoms with Crippen LogP contribution in [0.2, 0.25) is 5.02 Å². The number of nitrogens with one attached hydrogen (secondary N) is 1. The molecule has 142 valence electrons. The number of amides is 2. The van der Waals surface area contributed by atoms with Crippen LogP contribution in [-0.2, 0) is 9.59 Å². The molecule has 1 fully saturated rings. The SMILES string of the molecule is CC(C)CC(=O)Nc1ccc(Cl)c(C(=O)N2CCC(CC(=O)O)CC2)c1. The molecule has 0 atom stereocenters. The van der Waals surface area contributed by atoms with Gasteiger partial charge >= 0.3 is 5.97 Å². The van der Waals surface area contributed by atoms with E-state index in [4.69, 9.17) is 16.7 Å². The maximum absolute atomic E-state index is 12.8. The lowest BCUT2D eigenvalue weighted by atomic mass is 9.93. The van der Waals surface area contributed by atoms with Crippen molar-refractivity contribution in [3.8, 4) is 0 Å². The minimum atomic E-state index is -0.803. The van der Waals surface area contributed by atoms with Crippen LogP contribution in [-0.4, -0.2) is 40.9 Å². The fourth-order valence-electron chi connectivity index (χ4n) is 3.11. The maximum atomic E-state index is 12.8. The van der Waals surface area contributed by atoms with E-state index in [1.165, 1.54) is 0 Å². The summed E-state index contributed by atoms with van der Waals surface area (Å²) in [6.45, 7) is 4.95. The van der Waals surface area contributed by atoms with Gasteiger partial charge in [0.2, 0.25) is 5.91 Å². The van der Waals surface area contributed by atoms with Gasteiger partial charge in [0, 0.05) is 31.6 Å². The summed E-state index contributed by atoms with van der Waals surface area (Å²) in [5, 5.41) is 12.0. The average molecular weight is 381 g/mol. The van der Waals surface area contributed by atoms with Gasteiger partial charge in [-0.05, 0) is 42.9 Å². The van der Waals surface area contributed by atoms with Crippen molar-refractivity contribution in [3.63, 3.8) is 0 Å². The summed E-state index contributed by atoms with van der Waals surface area (Å²) >= 11 is 6.19. The van der Waals surface area contributed by atoms with Gasteiger partial charge in [-0.3, -0.25) is 14.4 Å². The fourth-order valence-corrected chi connectivity index (χ4v) is 3.31. The lowest BCUT2D eigenvalue weighted by molar-refractivity contribution is -0.138. The predicted octanol–water partition coefficient (Wildman–Crippen LogP) is 3.65. The van der Waals surface area contributed by atoms with Gasteiger partial charge in [0.25, 0.3) is 5.91 Å². The van der Waals surface area contributed by atoms with Crippen LogP contribution < -0.4 is 5.32 Å². The Morgan fingerprint density at radius 1 is 1.27 bits per heavy atom. The number of piperidine rings is 1. The first-order chi connectivity index (χ1) is 12.3. The Bertz CT molecular complexity index is 682. The minimum Gasteiger partial charge on any atom is -0.481 e. The van der Waals surface area contributed by atoms with Gasteiger partial charge in [-0.1, -0.05) is 25.4 Å². The second-order valence-electron chi connectivity index (χ2n) is 7.17. The second kappa shape index (κ2) is 9.03. The molecule has 1 aromatic carbocycles. The molecule has 0 spiro atoms. The lowest BCUT2D eigenvalue weighted by Gasteiger charge is -2.31. The zero-order valence-corrected chi connectivity index (χ0v) is 15.9. The van der Waals surface area contributed by atoms with E-state index in [2.05, 4.69) is 5.32 Å². The van der Waals surface area contributed by atoms with Crippen LogP contribution in [0.3, 0.4) is 0 Å². The quantitative estimate of drug-likeness (QED) is 0.788. The van der Waals surface area contributed by atoms with E-state index in [1.807, 2.05) is 13.8 Å². The summed E-state index contributed by atoms with van der Waals surface area (Å²) in [6, 6.07) is 4.89. The van der Waals surface area contributed by atoms with Gasteiger partial charge in [0.1, 0.15) is 0 Å². The molecule has 2 rings (SSSR count). The molecular weight excluding hydrogens is 356 g/mol. The third kappa shape index (κ3) is 5.73. The molecule has 1 saturated heterocycles. The number of halogens is 1. The molecule has 1 aromatic rings. The van der Waals surface area contributed by atoms with E-state index >= 15 is 0 Å². The molecule has 1 aliphatic heterocycles. The summed E-state index contributed by atoms with van der Waals surface area (Å²) in [4.78, 5) is 37.2. The lowest BCUT2D eigenvalue weighted by Crippen LogP contribution is -2.39. The Kier molecular flexibility index (Phi) is 7.03. The Balaban J connectivity index is 2.03. The highest BCUT2D eigenvalue weighted by Crippen LogP contribution is 2.26. The van der Waals surface area contributed by atoms with Crippen LogP contribution in [0.5, 0.6) is 0 Å². The van der Waals surface area contributed by atoms with E-state index in [9.17, 15) is 14.4 Å². The molecule has 2 amide bonds. The summed E-state index contributed by atoms with van der Waals surface area (Å²) in [6.07, 6.45) is 1.88. The number of carboxylic acid groups (broad SMARTS) is 1. The molecule has 0 radical (unpaired) electrons. The van der Waals surface area contributed by atoms with Crippen LogP contribution in [0.1, 0.15) is 49.9 Å². The zero-order valence-electron chi connectivity index (χ0n) is 15.1. The molecule has 0 aliphatic carbocycles. The molecular formula is C19H25ClN2O4. The van der Waals surface area contributed by atoms with Crippen molar-refractivity contribution >= 4 is 35.1 Å². The molecule has 1 aliphatic rings. The maximum Gasteiger partial charge on any atom is 0.303 e. The van der Waals surface area contributed by atoms with Crippen molar-refractivity contribution in [2.75, 3.05) is 18.4 Å². The van der Waals surface area contributed by atoms with Crippen molar-refractivity contribution in [1.82, 2.24) is 4.90 Å². The van der Waals surface area contributed by atoms with Gasteiger partial charge in [-0.15, -0.1) is 0 Å². The van der Waals surface area contributed by atoms with Gasteiger partial charge < -0.3 is 15.3 Å². The molecule has 0 bridgehead atoms. The molecule has 0 aromatic heterocycles. The smallest absolute Gasteiger partial charge is 0.303 e. The number of carbonyl (C=O) groups excluding carboxylic acids is 2. The van der Waals surface area contributed by atoms with Gasteiger partial charge in [-0.2, -0.15) is 0 Å². The van der Waals surface area contributed by atoms with Crippen molar-refractivity contribution in [2.24, 2.45) is 11.8 Å². The Labute approximate surface area is 158 Å². The number of carboxylic acids is 1. The second-order valence-corrected chi connectivity index (χ2v) is 7.58. The molecule has 0 unspecified atom stereocenters. The summed E-state index contributed by atoms with van der Waals surface area (Å²) in [5.74, 6) is -0.745. The Morgan fingerprint density at radius 3 is 2.50 bits per heavy atom. The fraction of sp³-hybridized carbons (Fsp3) is 0.526. The monoisotopic (exact) mass is 380 g/mol. The summed E-state index contributed by atoms with van der Waals surface area (Å²) < 4.78 is 0. The van der Waals surface area contributed by atoms with Gasteiger partial charge in [0.15, 0.2) is 0 Å². The van der Waals surface area contributed by atoms with Crippen molar-refractivity contribution in [2.45, 2.75) is 39.5 Å². The third-order valence-corrected chi connectivity index (χ3v) is 4.77. The average Bonchev–Trinajstić information content (AvgIpc) is 2.55. The molecule has 6 nitrogen and oxygen atoms in total. The molecule has 7 heteroatoms. The number of nitrogens with zero attached hydrogens (tertiary/aromatic N) is 1. The number of carbonyl (C=O) groups is 3. The van der Waals surface area contributed by atoms with E-state index in [0.29, 0.717) is 48.6 Å². The van der Waals surface area contributed by atoms with Crippen LogP contribution in [0.15, 0.2) is 18.2 Å². The third-order valence-electron chi connectivity index (χ3n) is 4.44. The number of rotatable bonds is 6. The first-order valence-corrected chi connectivity index (χ1v) is 9.24. The topological polar surface area (TPSA) is 86.7 Å². The number of aliphatic carboxylic acids is 1. The number of hydrogen-bond acceptors (Lipinski definition) is 3. The largest absolute Gasteiger partial charge is 0.481 e. The predicted molar refractivity (Wildman–Crippen MR) is 100 cm³/mol. The number of anilines is 1. The molecule has 1 heterocycles. The number of benzene rings is 1. The van der Waals surface area contributed by atoms with Crippen LogP contribution in [0.4, 0.5) is 5.69 Å². The number of hydrogen-bond donors (Lipinski definition) is 2. The van der Waals surface area contributed by atoms with E-state index < -0.39 is 5.97 Å². The van der Waals surface area contributed by atoms with Crippen LogP contribution in [0.25, 0.3) is 0 Å². The Morgan fingerprint density at radius 2 is 1.92 bits per heavy atom. The first kappa shape index (κ1) is 20.2. The molecule has 26 heavy (non-hydrogen) atoms. The highest BCUT2D eigenvalue weighted by atomic mass is 35.5. The van der Waals surface area contributed by atoms with Crippen molar-refractivity contribution in [1.29, 1.82) is 0 Å². The van der Waals surface area contributed by atoms with Crippen LogP contribution >= 0.6 is 11.6 Å².